The molecule has 0 saturated carbocycles. The van der Waals surface area contributed by atoms with Crippen molar-refractivity contribution in [1.29, 1.82) is 0 Å². The lowest BCUT2D eigenvalue weighted by Crippen LogP contribution is -2.32. The number of hydrogen-bond acceptors (Lipinski definition) is 1. The van der Waals surface area contributed by atoms with Gasteiger partial charge in [0.1, 0.15) is 0 Å². The quantitative estimate of drug-likeness (QED) is 0.401. The largest absolute Gasteiger partial charge is 0.415 e. The van der Waals surface area contributed by atoms with Crippen molar-refractivity contribution < 1.29 is 4.43 Å². The van der Waals surface area contributed by atoms with Crippen LogP contribution in [0, 0.1) is 0 Å². The first-order valence-corrected chi connectivity index (χ1v) is 10.1. The van der Waals surface area contributed by atoms with Gasteiger partial charge in [-0.1, -0.05) is 46.0 Å². The van der Waals surface area contributed by atoms with Gasteiger partial charge in [-0.05, 0) is 32.5 Å². The summed E-state index contributed by atoms with van der Waals surface area (Å²) in [5.74, 6) is 0. The van der Waals surface area contributed by atoms with Gasteiger partial charge in [-0.2, -0.15) is 0 Å². The molecule has 0 aromatic carbocycles. The summed E-state index contributed by atoms with van der Waals surface area (Å²) in [6, 6.07) is 0. The van der Waals surface area contributed by atoms with Gasteiger partial charge >= 0.3 is 0 Å². The molecule has 1 atom stereocenters. The van der Waals surface area contributed by atoms with E-state index in [2.05, 4.69) is 33.5 Å². The topological polar surface area (TPSA) is 9.23 Å². The lowest BCUT2D eigenvalue weighted by molar-refractivity contribution is 0.166. The highest BCUT2D eigenvalue weighted by Gasteiger charge is 2.20. The highest BCUT2D eigenvalue weighted by Crippen LogP contribution is 2.18. The second kappa shape index (κ2) is 8.34. The van der Waals surface area contributed by atoms with Gasteiger partial charge in [0.15, 0.2) is 8.32 Å². The molecule has 0 fully saturated rings. The molecule has 15 heavy (non-hydrogen) atoms. The summed E-state index contributed by atoms with van der Waals surface area (Å²) in [6.07, 6.45) is 9.71. The minimum Gasteiger partial charge on any atom is -0.415 e. The predicted molar refractivity (Wildman–Crippen MR) is 71.9 cm³/mol. The molecule has 0 saturated heterocycles. The van der Waals surface area contributed by atoms with Crippen molar-refractivity contribution in [2.24, 2.45) is 0 Å². The zero-order valence-electron chi connectivity index (χ0n) is 11.4. The van der Waals surface area contributed by atoms with Crippen LogP contribution in [0.1, 0.15) is 58.8 Å². The van der Waals surface area contributed by atoms with Crippen LogP contribution in [0.2, 0.25) is 19.6 Å². The van der Waals surface area contributed by atoms with Crippen LogP contribution in [0.15, 0.2) is 0 Å². The van der Waals surface area contributed by atoms with Gasteiger partial charge in [0.25, 0.3) is 0 Å². The summed E-state index contributed by atoms with van der Waals surface area (Å²) in [6.45, 7) is 11.4. The Morgan fingerprint density at radius 1 is 0.867 bits per heavy atom. The molecule has 0 aliphatic carbocycles. The van der Waals surface area contributed by atoms with Crippen LogP contribution in [0.5, 0.6) is 0 Å². The molecular formula is C13H30OSi. The first-order chi connectivity index (χ1) is 6.99. The number of rotatable bonds is 9. The van der Waals surface area contributed by atoms with E-state index in [0.29, 0.717) is 6.10 Å². The molecule has 0 aromatic heterocycles. The molecule has 0 aliphatic heterocycles. The van der Waals surface area contributed by atoms with Gasteiger partial charge in [-0.3, -0.25) is 0 Å². The molecule has 0 N–H and O–H groups in total. The zero-order valence-corrected chi connectivity index (χ0v) is 12.4. The van der Waals surface area contributed by atoms with Crippen molar-refractivity contribution in [3.63, 3.8) is 0 Å². The Balaban J connectivity index is 3.84. The molecule has 0 rings (SSSR count). The Labute approximate surface area is 97.7 Å². The Morgan fingerprint density at radius 3 is 1.87 bits per heavy atom. The third kappa shape index (κ3) is 10.5. The molecule has 0 aromatic rings. The van der Waals surface area contributed by atoms with Gasteiger partial charge in [0.2, 0.25) is 0 Å². The van der Waals surface area contributed by atoms with Gasteiger partial charge < -0.3 is 4.43 Å². The van der Waals surface area contributed by atoms with Crippen LogP contribution in [0.3, 0.4) is 0 Å². The van der Waals surface area contributed by atoms with E-state index in [4.69, 9.17) is 4.43 Å². The van der Waals surface area contributed by atoms with Gasteiger partial charge in [-0.15, -0.1) is 0 Å². The molecule has 92 valence electrons. The first-order valence-electron chi connectivity index (χ1n) is 6.67. The molecule has 0 heterocycles. The zero-order chi connectivity index (χ0) is 11.7. The lowest BCUT2D eigenvalue weighted by Gasteiger charge is -2.26. The van der Waals surface area contributed by atoms with E-state index in [1.54, 1.807) is 0 Å². The predicted octanol–water partition coefficient (Wildman–Crippen LogP) is 4.98. The standard InChI is InChI=1S/C13H30OSi/c1-6-8-10-12-13(11-9-7-2)14-15(3,4)5/h13H,6-12H2,1-5H3. The minimum absolute atomic E-state index is 0.545. The molecule has 0 spiro atoms. The Morgan fingerprint density at radius 2 is 1.40 bits per heavy atom. The van der Waals surface area contributed by atoms with E-state index in [0.717, 1.165) is 0 Å². The van der Waals surface area contributed by atoms with E-state index < -0.39 is 8.32 Å². The average Bonchev–Trinajstić information content (AvgIpc) is 2.12. The molecule has 0 aliphatic rings. The Kier molecular flexibility index (Phi) is 8.44. The Bertz CT molecular complexity index is 140. The van der Waals surface area contributed by atoms with Crippen LogP contribution >= 0.6 is 0 Å². The second-order valence-electron chi connectivity index (χ2n) is 5.49. The van der Waals surface area contributed by atoms with Gasteiger partial charge in [0, 0.05) is 6.10 Å². The van der Waals surface area contributed by atoms with E-state index in [1.807, 2.05) is 0 Å². The van der Waals surface area contributed by atoms with E-state index in [9.17, 15) is 0 Å². The molecule has 0 bridgehead atoms. The van der Waals surface area contributed by atoms with Crippen LogP contribution in [0.4, 0.5) is 0 Å². The first kappa shape index (κ1) is 15.2. The fourth-order valence-electron chi connectivity index (χ4n) is 1.82. The maximum Gasteiger partial charge on any atom is 0.184 e. The summed E-state index contributed by atoms with van der Waals surface area (Å²) in [7, 11) is -1.33. The fraction of sp³-hybridized carbons (Fsp3) is 1.00. The molecule has 1 unspecified atom stereocenters. The van der Waals surface area contributed by atoms with Crippen molar-refractivity contribution in [2.75, 3.05) is 0 Å². The number of unbranched alkanes of at least 4 members (excludes halogenated alkanes) is 3. The monoisotopic (exact) mass is 230 g/mol. The Hall–Kier alpha value is 0.177. The maximum atomic E-state index is 6.23. The van der Waals surface area contributed by atoms with Gasteiger partial charge in [0.05, 0.1) is 0 Å². The van der Waals surface area contributed by atoms with Crippen LogP contribution in [0.25, 0.3) is 0 Å². The fourth-order valence-corrected chi connectivity index (χ4v) is 3.05. The normalized spacial score (nSPS) is 14.2. The molecule has 0 amide bonds. The highest BCUT2D eigenvalue weighted by atomic mass is 28.4. The van der Waals surface area contributed by atoms with Crippen LogP contribution in [-0.2, 0) is 4.43 Å². The third-order valence-corrected chi connectivity index (χ3v) is 3.57. The van der Waals surface area contributed by atoms with Crippen LogP contribution in [-0.4, -0.2) is 14.4 Å². The molecule has 0 radical (unpaired) electrons. The van der Waals surface area contributed by atoms with Crippen molar-refractivity contribution in [2.45, 2.75) is 84.5 Å². The molecule has 1 nitrogen and oxygen atoms in total. The van der Waals surface area contributed by atoms with E-state index in [1.165, 1.54) is 44.9 Å². The lowest BCUT2D eigenvalue weighted by atomic mass is 10.1. The van der Waals surface area contributed by atoms with E-state index >= 15 is 0 Å². The SMILES string of the molecule is CCCCCC(CCCC)O[Si](C)(C)C. The average molecular weight is 230 g/mol. The van der Waals surface area contributed by atoms with Crippen molar-refractivity contribution in [3.8, 4) is 0 Å². The maximum absolute atomic E-state index is 6.23. The highest BCUT2D eigenvalue weighted by molar-refractivity contribution is 6.69. The van der Waals surface area contributed by atoms with Crippen molar-refractivity contribution >= 4 is 8.32 Å². The summed E-state index contributed by atoms with van der Waals surface area (Å²) >= 11 is 0. The summed E-state index contributed by atoms with van der Waals surface area (Å²) in [5, 5.41) is 0. The third-order valence-electron chi connectivity index (χ3n) is 2.53. The molecular weight excluding hydrogens is 200 g/mol. The summed E-state index contributed by atoms with van der Waals surface area (Å²) in [4.78, 5) is 0. The van der Waals surface area contributed by atoms with Crippen molar-refractivity contribution in [3.05, 3.63) is 0 Å². The number of hydrogen-bond donors (Lipinski definition) is 0. The summed E-state index contributed by atoms with van der Waals surface area (Å²) in [5.41, 5.74) is 0. The van der Waals surface area contributed by atoms with Gasteiger partial charge in [-0.25, -0.2) is 0 Å². The second-order valence-corrected chi connectivity index (χ2v) is 9.95. The van der Waals surface area contributed by atoms with Crippen molar-refractivity contribution in [1.82, 2.24) is 0 Å². The van der Waals surface area contributed by atoms with Crippen LogP contribution < -0.4 is 0 Å². The minimum atomic E-state index is -1.33. The van der Waals surface area contributed by atoms with E-state index in [-0.39, 0.29) is 0 Å². The summed E-state index contributed by atoms with van der Waals surface area (Å²) < 4.78 is 6.23. The smallest absolute Gasteiger partial charge is 0.184 e. The molecule has 2 heteroatoms.